The molecule has 0 aromatic carbocycles. The zero-order valence-corrected chi connectivity index (χ0v) is 7.59. The summed E-state index contributed by atoms with van der Waals surface area (Å²) in [6.45, 7) is 7.77. The van der Waals surface area contributed by atoms with Gasteiger partial charge in [-0.15, -0.1) is 0 Å². The van der Waals surface area contributed by atoms with Crippen molar-refractivity contribution in [3.05, 3.63) is 12.2 Å². The molecule has 66 valence electrons. The van der Waals surface area contributed by atoms with Crippen molar-refractivity contribution >= 4 is 5.78 Å². The molecule has 3 atom stereocenters. The Morgan fingerprint density at radius 3 is 2.92 bits per heavy atom. The van der Waals surface area contributed by atoms with Crippen LogP contribution in [0.1, 0.15) is 26.7 Å². The SMILES string of the molecule is C=C(C)[C@@H]1CC(=O)[C@@]2(C)O[C@H]2C1. The molecule has 2 rings (SSSR count). The zero-order valence-electron chi connectivity index (χ0n) is 7.59. The highest BCUT2D eigenvalue weighted by Gasteiger charge is 2.61. The van der Waals surface area contributed by atoms with E-state index in [9.17, 15) is 4.79 Å². The minimum absolute atomic E-state index is 0.181. The first-order chi connectivity index (χ1) is 5.54. The van der Waals surface area contributed by atoms with Crippen LogP contribution in [0, 0.1) is 5.92 Å². The van der Waals surface area contributed by atoms with Gasteiger partial charge in [0, 0.05) is 6.42 Å². The second kappa shape index (κ2) is 2.19. The van der Waals surface area contributed by atoms with Gasteiger partial charge >= 0.3 is 0 Å². The summed E-state index contributed by atoms with van der Waals surface area (Å²) in [5, 5.41) is 0. The Balaban J connectivity index is 2.12. The first-order valence-electron chi connectivity index (χ1n) is 4.40. The molecule has 0 aromatic rings. The van der Waals surface area contributed by atoms with E-state index < -0.39 is 5.60 Å². The Labute approximate surface area is 72.6 Å². The average Bonchev–Trinajstić information content (AvgIpc) is 2.62. The molecule has 1 heterocycles. The Kier molecular flexibility index (Phi) is 1.46. The molecule has 0 N–H and O–H groups in total. The fourth-order valence-corrected chi connectivity index (χ4v) is 1.92. The second-order valence-electron chi connectivity index (χ2n) is 4.12. The van der Waals surface area contributed by atoms with E-state index in [1.807, 2.05) is 13.8 Å². The third kappa shape index (κ3) is 0.944. The number of fused-ring (bicyclic) bond motifs is 1. The van der Waals surface area contributed by atoms with E-state index >= 15 is 0 Å². The highest BCUT2D eigenvalue weighted by molar-refractivity contribution is 5.91. The first-order valence-corrected chi connectivity index (χ1v) is 4.40. The lowest BCUT2D eigenvalue weighted by Crippen LogP contribution is -2.32. The number of allylic oxidation sites excluding steroid dienone is 1. The largest absolute Gasteiger partial charge is 0.358 e. The normalized spacial score (nSPS) is 45.3. The number of rotatable bonds is 1. The molecular weight excluding hydrogens is 152 g/mol. The number of carbonyl (C=O) groups is 1. The van der Waals surface area contributed by atoms with Gasteiger partial charge in [-0.05, 0) is 26.2 Å². The lowest BCUT2D eigenvalue weighted by Gasteiger charge is -2.21. The lowest BCUT2D eigenvalue weighted by molar-refractivity contribution is -0.124. The van der Waals surface area contributed by atoms with Crippen molar-refractivity contribution in [1.82, 2.24) is 0 Å². The van der Waals surface area contributed by atoms with Crippen LogP contribution >= 0.6 is 0 Å². The highest BCUT2D eigenvalue weighted by atomic mass is 16.6. The van der Waals surface area contributed by atoms with Gasteiger partial charge in [-0.3, -0.25) is 4.79 Å². The highest BCUT2D eigenvalue weighted by Crippen LogP contribution is 2.48. The zero-order chi connectivity index (χ0) is 8.93. The molecule has 0 radical (unpaired) electrons. The minimum atomic E-state index is -0.411. The van der Waals surface area contributed by atoms with Crippen molar-refractivity contribution in [2.24, 2.45) is 5.92 Å². The molecule has 1 aliphatic heterocycles. The Morgan fingerprint density at radius 1 is 1.75 bits per heavy atom. The van der Waals surface area contributed by atoms with Crippen LogP contribution in [-0.2, 0) is 9.53 Å². The molecule has 0 spiro atoms. The third-order valence-corrected chi connectivity index (χ3v) is 3.13. The van der Waals surface area contributed by atoms with Crippen molar-refractivity contribution in [1.29, 1.82) is 0 Å². The van der Waals surface area contributed by atoms with Gasteiger partial charge in [-0.25, -0.2) is 0 Å². The summed E-state index contributed by atoms with van der Waals surface area (Å²) in [4.78, 5) is 11.5. The maximum Gasteiger partial charge on any atom is 0.167 e. The van der Waals surface area contributed by atoms with Crippen molar-refractivity contribution in [2.45, 2.75) is 38.4 Å². The summed E-state index contributed by atoms with van der Waals surface area (Å²) in [7, 11) is 0. The number of hydrogen-bond acceptors (Lipinski definition) is 2. The third-order valence-electron chi connectivity index (χ3n) is 3.13. The van der Waals surface area contributed by atoms with E-state index in [4.69, 9.17) is 4.74 Å². The lowest BCUT2D eigenvalue weighted by atomic mass is 9.79. The van der Waals surface area contributed by atoms with Gasteiger partial charge in [-0.1, -0.05) is 12.2 Å². The summed E-state index contributed by atoms with van der Waals surface area (Å²) in [6.07, 6.45) is 1.79. The molecule has 1 saturated heterocycles. The van der Waals surface area contributed by atoms with Gasteiger partial charge in [0.15, 0.2) is 5.78 Å². The fourth-order valence-electron chi connectivity index (χ4n) is 1.92. The number of epoxide rings is 1. The van der Waals surface area contributed by atoms with Crippen LogP contribution in [0.3, 0.4) is 0 Å². The summed E-state index contributed by atoms with van der Waals surface area (Å²) >= 11 is 0. The van der Waals surface area contributed by atoms with Gasteiger partial charge in [-0.2, -0.15) is 0 Å². The fraction of sp³-hybridized carbons (Fsp3) is 0.700. The number of ketones is 1. The smallest absolute Gasteiger partial charge is 0.167 e. The predicted molar refractivity (Wildman–Crippen MR) is 45.8 cm³/mol. The topological polar surface area (TPSA) is 29.6 Å². The quantitative estimate of drug-likeness (QED) is 0.438. The van der Waals surface area contributed by atoms with E-state index in [2.05, 4.69) is 6.58 Å². The van der Waals surface area contributed by atoms with E-state index in [1.165, 1.54) is 0 Å². The van der Waals surface area contributed by atoms with E-state index in [1.54, 1.807) is 0 Å². The van der Waals surface area contributed by atoms with E-state index in [-0.39, 0.29) is 11.9 Å². The van der Waals surface area contributed by atoms with Crippen LogP contribution in [0.2, 0.25) is 0 Å². The molecule has 0 unspecified atom stereocenters. The number of hydrogen-bond donors (Lipinski definition) is 0. The molecule has 2 aliphatic rings. The molecule has 0 bridgehead atoms. The molecular formula is C10H14O2. The van der Waals surface area contributed by atoms with E-state index in [0.717, 1.165) is 12.0 Å². The molecule has 1 aliphatic carbocycles. The summed E-state index contributed by atoms with van der Waals surface area (Å²) in [5.74, 6) is 0.616. The molecule has 0 aromatic heterocycles. The van der Waals surface area contributed by atoms with Gasteiger partial charge < -0.3 is 4.74 Å². The Hall–Kier alpha value is -0.630. The number of carbonyl (C=O) groups excluding carboxylic acids is 1. The standard InChI is InChI=1S/C10H14O2/c1-6(2)7-4-8(11)10(3)9(5-7)12-10/h7,9H,1,4-5H2,2-3H3/t7-,9+,10-/m1/s1. The summed E-state index contributed by atoms with van der Waals surface area (Å²) in [6, 6.07) is 0. The Morgan fingerprint density at radius 2 is 2.42 bits per heavy atom. The monoisotopic (exact) mass is 166 g/mol. The van der Waals surface area contributed by atoms with Gasteiger partial charge in [0.1, 0.15) is 5.60 Å². The van der Waals surface area contributed by atoms with Gasteiger partial charge in [0.05, 0.1) is 6.10 Å². The molecule has 2 heteroatoms. The molecule has 2 fully saturated rings. The van der Waals surface area contributed by atoms with Crippen molar-refractivity contribution < 1.29 is 9.53 Å². The van der Waals surface area contributed by atoms with Crippen LogP contribution in [0.25, 0.3) is 0 Å². The number of ether oxygens (including phenoxy) is 1. The predicted octanol–water partition coefficient (Wildman–Crippen LogP) is 1.70. The van der Waals surface area contributed by atoms with Crippen molar-refractivity contribution in [3.63, 3.8) is 0 Å². The molecule has 0 amide bonds. The van der Waals surface area contributed by atoms with Crippen LogP contribution in [0.15, 0.2) is 12.2 Å². The minimum Gasteiger partial charge on any atom is -0.358 e. The second-order valence-corrected chi connectivity index (χ2v) is 4.12. The van der Waals surface area contributed by atoms with E-state index in [0.29, 0.717) is 12.3 Å². The van der Waals surface area contributed by atoms with Crippen LogP contribution in [0.4, 0.5) is 0 Å². The van der Waals surface area contributed by atoms with Crippen molar-refractivity contribution in [3.8, 4) is 0 Å². The molecule has 2 nitrogen and oxygen atoms in total. The van der Waals surface area contributed by atoms with Crippen molar-refractivity contribution in [2.75, 3.05) is 0 Å². The first kappa shape index (κ1) is 7.99. The summed E-state index contributed by atoms with van der Waals surface area (Å²) < 4.78 is 5.37. The van der Waals surface area contributed by atoms with Gasteiger partial charge in [0.25, 0.3) is 0 Å². The maximum atomic E-state index is 11.5. The van der Waals surface area contributed by atoms with Crippen LogP contribution in [0.5, 0.6) is 0 Å². The molecule has 12 heavy (non-hydrogen) atoms. The number of Topliss-reactive ketones (excluding diaryl/α,β-unsaturated/α-hetero) is 1. The average molecular weight is 166 g/mol. The Bertz CT molecular complexity index is 257. The maximum absolute atomic E-state index is 11.5. The van der Waals surface area contributed by atoms with Crippen LogP contribution < -0.4 is 0 Å². The van der Waals surface area contributed by atoms with Gasteiger partial charge in [0.2, 0.25) is 0 Å². The molecule has 1 saturated carbocycles. The van der Waals surface area contributed by atoms with Crippen LogP contribution in [-0.4, -0.2) is 17.5 Å². The summed E-state index contributed by atoms with van der Waals surface area (Å²) in [5.41, 5.74) is 0.701.